The van der Waals surface area contributed by atoms with Crippen molar-refractivity contribution in [1.29, 1.82) is 0 Å². The van der Waals surface area contributed by atoms with E-state index < -0.39 is 0 Å². The van der Waals surface area contributed by atoms with Gasteiger partial charge in [-0.25, -0.2) is 0 Å². The van der Waals surface area contributed by atoms with Gasteiger partial charge in [0.25, 0.3) is 0 Å². The third kappa shape index (κ3) is 1.77. The van der Waals surface area contributed by atoms with Gasteiger partial charge in [0, 0.05) is 10.8 Å². The molecule has 0 aliphatic heterocycles. The number of benzene rings is 2. The summed E-state index contributed by atoms with van der Waals surface area (Å²) in [5.41, 5.74) is 0. The van der Waals surface area contributed by atoms with Crippen molar-refractivity contribution in [3.63, 3.8) is 0 Å². The van der Waals surface area contributed by atoms with Gasteiger partial charge in [-0.2, -0.15) is 0 Å². The van der Waals surface area contributed by atoms with Gasteiger partial charge in [-0.1, -0.05) is 37.4 Å². The predicted octanol–water partition coefficient (Wildman–Crippen LogP) is 3.88. The van der Waals surface area contributed by atoms with Crippen molar-refractivity contribution in [3.8, 4) is 11.5 Å². The summed E-state index contributed by atoms with van der Waals surface area (Å²) >= 11 is 0. The molecule has 0 N–H and O–H groups in total. The maximum Gasteiger partial charge on any atom is 0.134 e. The summed E-state index contributed by atoms with van der Waals surface area (Å²) in [6, 6.07) is 11.6. The Hall–Kier alpha value is -2.22. The number of ether oxygens (including phenoxy) is 2. The molecule has 0 spiro atoms. The van der Waals surface area contributed by atoms with Crippen LogP contribution in [0.5, 0.6) is 11.5 Å². The minimum Gasteiger partial charge on any atom is -0.465 e. The summed E-state index contributed by atoms with van der Waals surface area (Å²) in [5.74, 6) is 1.53. The monoisotopic (exact) mass is 212 g/mol. The maximum atomic E-state index is 5.33. The van der Waals surface area contributed by atoms with Gasteiger partial charge >= 0.3 is 0 Å². The molecule has 0 atom stereocenters. The Labute approximate surface area is 94.4 Å². The first-order chi connectivity index (χ1) is 7.86. The third-order valence-corrected chi connectivity index (χ3v) is 2.26. The van der Waals surface area contributed by atoms with Crippen LogP contribution >= 0.6 is 0 Å². The molecule has 0 saturated heterocycles. The number of hydrogen-bond acceptors (Lipinski definition) is 2. The van der Waals surface area contributed by atoms with E-state index in [2.05, 4.69) is 13.2 Å². The van der Waals surface area contributed by atoms with Crippen LogP contribution in [-0.4, -0.2) is 0 Å². The molecule has 0 fully saturated rings. The van der Waals surface area contributed by atoms with E-state index in [4.69, 9.17) is 9.47 Å². The van der Waals surface area contributed by atoms with Gasteiger partial charge in [0.1, 0.15) is 11.5 Å². The van der Waals surface area contributed by atoms with Gasteiger partial charge in [-0.05, 0) is 12.1 Å². The lowest BCUT2D eigenvalue weighted by molar-refractivity contribution is 0.478. The Morgan fingerprint density at radius 3 is 1.56 bits per heavy atom. The van der Waals surface area contributed by atoms with Crippen LogP contribution in [0.2, 0.25) is 0 Å². The molecular weight excluding hydrogens is 200 g/mol. The zero-order valence-corrected chi connectivity index (χ0v) is 8.85. The molecule has 2 nitrogen and oxygen atoms in total. The van der Waals surface area contributed by atoms with Crippen LogP contribution in [0.15, 0.2) is 62.1 Å². The Morgan fingerprint density at radius 1 is 0.750 bits per heavy atom. The fraction of sp³-hybridized carbons (Fsp3) is 0. The third-order valence-electron chi connectivity index (χ3n) is 2.26. The molecule has 2 aromatic carbocycles. The summed E-state index contributed by atoms with van der Waals surface area (Å²) in [4.78, 5) is 0. The summed E-state index contributed by atoms with van der Waals surface area (Å²) in [7, 11) is 0. The van der Waals surface area contributed by atoms with Crippen molar-refractivity contribution in [3.05, 3.63) is 62.1 Å². The molecule has 0 heterocycles. The van der Waals surface area contributed by atoms with Crippen LogP contribution in [0.25, 0.3) is 10.8 Å². The SMILES string of the molecule is C=COc1ccc(OC=C)c2ccccc12. The summed E-state index contributed by atoms with van der Waals surface area (Å²) in [6.45, 7) is 7.10. The van der Waals surface area contributed by atoms with E-state index in [1.54, 1.807) is 0 Å². The molecule has 2 aromatic rings. The van der Waals surface area contributed by atoms with Crippen LogP contribution in [0.3, 0.4) is 0 Å². The topological polar surface area (TPSA) is 18.5 Å². The van der Waals surface area contributed by atoms with Gasteiger partial charge in [-0.3, -0.25) is 0 Å². The number of hydrogen-bond donors (Lipinski definition) is 0. The van der Waals surface area contributed by atoms with E-state index in [1.807, 2.05) is 36.4 Å². The second kappa shape index (κ2) is 4.53. The lowest BCUT2D eigenvalue weighted by Crippen LogP contribution is -1.87. The minimum atomic E-state index is 0.766. The van der Waals surface area contributed by atoms with Crippen molar-refractivity contribution in [2.24, 2.45) is 0 Å². The highest BCUT2D eigenvalue weighted by molar-refractivity contribution is 5.93. The second-order valence-corrected chi connectivity index (χ2v) is 3.18. The van der Waals surface area contributed by atoms with Crippen molar-refractivity contribution in [2.75, 3.05) is 0 Å². The lowest BCUT2D eigenvalue weighted by atomic mass is 10.1. The van der Waals surface area contributed by atoms with Crippen LogP contribution < -0.4 is 9.47 Å². The Morgan fingerprint density at radius 2 is 1.19 bits per heavy atom. The minimum absolute atomic E-state index is 0.766. The van der Waals surface area contributed by atoms with E-state index in [-0.39, 0.29) is 0 Å². The first-order valence-electron chi connectivity index (χ1n) is 4.93. The first-order valence-corrected chi connectivity index (χ1v) is 4.93. The molecule has 0 aliphatic carbocycles. The highest BCUT2D eigenvalue weighted by atomic mass is 16.5. The molecule has 80 valence electrons. The molecule has 0 radical (unpaired) electrons. The summed E-state index contributed by atoms with van der Waals surface area (Å²) < 4.78 is 10.7. The molecule has 0 saturated carbocycles. The van der Waals surface area contributed by atoms with Gasteiger partial charge in [0.15, 0.2) is 0 Å². The van der Waals surface area contributed by atoms with Crippen molar-refractivity contribution < 1.29 is 9.47 Å². The summed E-state index contributed by atoms with van der Waals surface area (Å²) in [5, 5.41) is 1.98. The second-order valence-electron chi connectivity index (χ2n) is 3.18. The fourth-order valence-electron chi connectivity index (χ4n) is 1.63. The smallest absolute Gasteiger partial charge is 0.134 e. The molecule has 2 rings (SSSR count). The van der Waals surface area contributed by atoms with Crippen molar-refractivity contribution >= 4 is 10.8 Å². The highest BCUT2D eigenvalue weighted by Crippen LogP contribution is 2.33. The normalized spacial score (nSPS) is 9.75. The average Bonchev–Trinajstić information content (AvgIpc) is 2.33. The zero-order valence-electron chi connectivity index (χ0n) is 8.85. The standard InChI is InChI=1S/C14H12O2/c1-3-15-13-9-10-14(16-4-2)12-8-6-5-7-11(12)13/h3-10H,1-2H2. The largest absolute Gasteiger partial charge is 0.465 e. The molecule has 0 aliphatic rings. The van der Waals surface area contributed by atoms with E-state index in [1.165, 1.54) is 12.5 Å². The molecule has 0 unspecified atom stereocenters. The molecule has 0 amide bonds. The maximum absolute atomic E-state index is 5.33. The van der Waals surface area contributed by atoms with Gasteiger partial charge in [-0.15, -0.1) is 0 Å². The van der Waals surface area contributed by atoms with Crippen LogP contribution in [0, 0.1) is 0 Å². The van der Waals surface area contributed by atoms with Crippen molar-refractivity contribution in [1.82, 2.24) is 0 Å². The average molecular weight is 212 g/mol. The zero-order chi connectivity index (χ0) is 11.4. The highest BCUT2D eigenvalue weighted by Gasteiger charge is 2.05. The predicted molar refractivity (Wildman–Crippen MR) is 65.6 cm³/mol. The fourth-order valence-corrected chi connectivity index (χ4v) is 1.63. The molecular formula is C14H12O2. The van der Waals surface area contributed by atoms with Crippen LogP contribution in [-0.2, 0) is 0 Å². The van der Waals surface area contributed by atoms with E-state index in [9.17, 15) is 0 Å². The Balaban J connectivity index is 2.66. The Bertz CT molecular complexity index is 481. The molecule has 0 aromatic heterocycles. The summed E-state index contributed by atoms with van der Waals surface area (Å²) in [6.07, 6.45) is 2.83. The quantitative estimate of drug-likeness (QED) is 0.716. The van der Waals surface area contributed by atoms with E-state index in [0.717, 1.165) is 22.3 Å². The molecule has 2 heteroatoms. The van der Waals surface area contributed by atoms with E-state index in [0.29, 0.717) is 0 Å². The van der Waals surface area contributed by atoms with E-state index >= 15 is 0 Å². The van der Waals surface area contributed by atoms with Gasteiger partial charge < -0.3 is 9.47 Å². The number of fused-ring (bicyclic) bond motifs is 1. The lowest BCUT2D eigenvalue weighted by Gasteiger charge is -2.09. The van der Waals surface area contributed by atoms with Crippen LogP contribution in [0.4, 0.5) is 0 Å². The molecule has 0 bridgehead atoms. The van der Waals surface area contributed by atoms with Gasteiger partial charge in [0.05, 0.1) is 12.5 Å². The van der Waals surface area contributed by atoms with Crippen LogP contribution in [0.1, 0.15) is 0 Å². The van der Waals surface area contributed by atoms with Gasteiger partial charge in [0.2, 0.25) is 0 Å². The molecule has 16 heavy (non-hydrogen) atoms. The first kappa shape index (κ1) is 10.3. The van der Waals surface area contributed by atoms with Crippen molar-refractivity contribution in [2.45, 2.75) is 0 Å². The number of rotatable bonds is 4. The Kier molecular flexibility index (Phi) is 2.92.